The fourth-order valence-corrected chi connectivity index (χ4v) is 3.88. The van der Waals surface area contributed by atoms with Gasteiger partial charge in [-0.05, 0) is 26.0 Å². The average Bonchev–Trinajstić information content (AvgIpc) is 2.52. The lowest BCUT2D eigenvalue weighted by Crippen LogP contribution is -2.41. The molecule has 0 bridgehead atoms. The van der Waals surface area contributed by atoms with Crippen molar-refractivity contribution in [3.63, 3.8) is 0 Å². The second-order valence-corrected chi connectivity index (χ2v) is 7.86. The van der Waals surface area contributed by atoms with Crippen molar-refractivity contribution in [2.45, 2.75) is 26.1 Å². The van der Waals surface area contributed by atoms with E-state index in [4.69, 9.17) is 11.6 Å². The van der Waals surface area contributed by atoms with E-state index in [1.54, 1.807) is 0 Å². The van der Waals surface area contributed by atoms with Gasteiger partial charge in [-0.2, -0.15) is 21.6 Å². The first-order valence-electron chi connectivity index (χ1n) is 7.74. The molecule has 1 N–H and O–H groups in total. The Morgan fingerprint density at radius 3 is 2.17 bits per heavy atom. The van der Waals surface area contributed by atoms with Crippen molar-refractivity contribution in [3.8, 4) is 5.69 Å². The summed E-state index contributed by atoms with van der Waals surface area (Å²) in [5.41, 5.74) is -5.93. The third-order valence-corrected chi connectivity index (χ3v) is 5.24. The molecule has 0 amide bonds. The van der Waals surface area contributed by atoms with Crippen LogP contribution >= 0.6 is 11.6 Å². The zero-order valence-electron chi connectivity index (χ0n) is 15.0. The van der Waals surface area contributed by atoms with Crippen LogP contribution in [0.25, 0.3) is 5.69 Å². The second-order valence-electron chi connectivity index (χ2n) is 6.16. The number of alkyl halides is 3. The topological polar surface area (TPSA) is 102 Å². The molecule has 0 saturated heterocycles. The van der Waals surface area contributed by atoms with Crippen LogP contribution < -0.4 is 15.6 Å². The Morgan fingerprint density at radius 1 is 1.17 bits per heavy atom. The maximum absolute atomic E-state index is 14.5. The standard InChI is InChI=1S/C15H14ClF4N3O5S/c1-7(2)23(29(26,27)28)10-5-11(9(17)4-8(10)16)22-13(24)6-12(15(18,19)20)21(3)14(22)25/h4-7H,1-3H3,(H,26,27,28). The summed E-state index contributed by atoms with van der Waals surface area (Å²) in [6.45, 7) is 2.69. The molecule has 1 aromatic carbocycles. The Hall–Kier alpha value is -2.38. The maximum atomic E-state index is 14.5. The molecule has 8 nitrogen and oxygen atoms in total. The number of aromatic nitrogens is 2. The lowest BCUT2D eigenvalue weighted by molar-refractivity contribution is -0.144. The summed E-state index contributed by atoms with van der Waals surface area (Å²) < 4.78 is 86.7. The van der Waals surface area contributed by atoms with Crippen LogP contribution in [0.4, 0.5) is 23.2 Å². The van der Waals surface area contributed by atoms with Crippen LogP contribution in [0.1, 0.15) is 19.5 Å². The zero-order valence-corrected chi connectivity index (χ0v) is 16.6. The van der Waals surface area contributed by atoms with E-state index in [0.717, 1.165) is 7.05 Å². The first-order valence-corrected chi connectivity index (χ1v) is 9.51. The normalized spacial score (nSPS) is 12.5. The minimum Gasteiger partial charge on any atom is -0.292 e. The molecular weight excluding hydrogens is 446 g/mol. The molecule has 14 heteroatoms. The molecule has 0 atom stereocenters. The third kappa shape index (κ3) is 4.31. The van der Waals surface area contributed by atoms with E-state index in [2.05, 4.69) is 0 Å². The van der Waals surface area contributed by atoms with Crippen molar-refractivity contribution in [1.29, 1.82) is 0 Å². The Morgan fingerprint density at radius 2 is 1.72 bits per heavy atom. The number of halogens is 5. The molecule has 160 valence electrons. The largest absolute Gasteiger partial charge is 0.431 e. The van der Waals surface area contributed by atoms with Crippen LogP contribution in [-0.2, 0) is 23.5 Å². The van der Waals surface area contributed by atoms with Gasteiger partial charge < -0.3 is 0 Å². The van der Waals surface area contributed by atoms with Crippen LogP contribution in [-0.4, -0.2) is 28.1 Å². The lowest BCUT2D eigenvalue weighted by Gasteiger charge is -2.26. The average molecular weight is 460 g/mol. The summed E-state index contributed by atoms with van der Waals surface area (Å²) in [5, 5.41) is -0.491. The Bertz CT molecular complexity index is 1190. The molecule has 29 heavy (non-hydrogen) atoms. The molecule has 1 aromatic heterocycles. The molecule has 1 heterocycles. The Kier molecular flexibility index (Phi) is 5.89. The van der Waals surface area contributed by atoms with Gasteiger partial charge in [-0.3, -0.25) is 13.9 Å². The van der Waals surface area contributed by atoms with E-state index in [0.29, 0.717) is 16.4 Å². The number of benzene rings is 1. The fraction of sp³-hybridized carbons (Fsp3) is 0.333. The van der Waals surface area contributed by atoms with Gasteiger partial charge in [0.2, 0.25) is 0 Å². The van der Waals surface area contributed by atoms with Gasteiger partial charge in [0.25, 0.3) is 5.56 Å². The molecule has 0 spiro atoms. The second kappa shape index (κ2) is 7.46. The highest BCUT2D eigenvalue weighted by atomic mass is 35.5. The van der Waals surface area contributed by atoms with Crippen molar-refractivity contribution in [3.05, 3.63) is 55.6 Å². The van der Waals surface area contributed by atoms with Gasteiger partial charge in [0.15, 0.2) is 0 Å². The van der Waals surface area contributed by atoms with E-state index < -0.39 is 61.7 Å². The third-order valence-electron chi connectivity index (χ3n) is 3.82. The van der Waals surface area contributed by atoms with Crippen LogP contribution in [0.2, 0.25) is 5.02 Å². The predicted molar refractivity (Wildman–Crippen MR) is 96.4 cm³/mol. The highest BCUT2D eigenvalue weighted by Crippen LogP contribution is 2.33. The first kappa shape index (κ1) is 22.9. The minimum atomic E-state index is -5.02. The smallest absolute Gasteiger partial charge is 0.292 e. The lowest BCUT2D eigenvalue weighted by atomic mass is 10.2. The van der Waals surface area contributed by atoms with Crippen LogP contribution in [0.15, 0.2) is 27.8 Å². The SMILES string of the molecule is CC(C)N(c1cc(-n2c(=O)cc(C(F)(F)F)n(C)c2=O)c(F)cc1Cl)S(=O)(=O)O. The summed E-state index contributed by atoms with van der Waals surface area (Å²) in [7, 11) is -4.17. The Labute approximate surface area is 166 Å². The number of rotatable bonds is 4. The van der Waals surface area contributed by atoms with Gasteiger partial charge in [0.1, 0.15) is 11.5 Å². The van der Waals surface area contributed by atoms with Crippen molar-refractivity contribution >= 4 is 27.6 Å². The summed E-state index contributed by atoms with van der Waals surface area (Å²) in [5.74, 6) is -1.28. The fourth-order valence-electron chi connectivity index (χ4n) is 2.66. The summed E-state index contributed by atoms with van der Waals surface area (Å²) in [6.07, 6.45) is -5.02. The molecule has 0 aliphatic rings. The van der Waals surface area contributed by atoms with Gasteiger partial charge in [-0.15, -0.1) is 0 Å². The van der Waals surface area contributed by atoms with E-state index >= 15 is 0 Å². The summed E-state index contributed by atoms with van der Waals surface area (Å²) >= 11 is 5.85. The van der Waals surface area contributed by atoms with Crippen molar-refractivity contribution < 1.29 is 30.5 Å². The molecule has 0 unspecified atom stereocenters. The van der Waals surface area contributed by atoms with Crippen molar-refractivity contribution in [2.75, 3.05) is 4.31 Å². The predicted octanol–water partition coefficient (Wildman–Crippen LogP) is 2.37. The highest BCUT2D eigenvalue weighted by Gasteiger charge is 2.35. The molecular formula is C15H14ClF4N3O5S. The van der Waals surface area contributed by atoms with Crippen LogP contribution in [0.5, 0.6) is 0 Å². The number of anilines is 1. The van der Waals surface area contributed by atoms with Crippen LogP contribution in [0.3, 0.4) is 0 Å². The van der Waals surface area contributed by atoms with Gasteiger partial charge in [-0.1, -0.05) is 11.6 Å². The molecule has 0 aliphatic heterocycles. The zero-order chi connectivity index (χ0) is 22.5. The molecule has 0 radical (unpaired) electrons. The number of hydrogen-bond acceptors (Lipinski definition) is 4. The molecule has 0 aliphatic carbocycles. The number of hydrogen-bond donors (Lipinski definition) is 1. The van der Waals surface area contributed by atoms with E-state index in [9.17, 15) is 40.1 Å². The maximum Gasteiger partial charge on any atom is 0.431 e. The van der Waals surface area contributed by atoms with E-state index in [1.807, 2.05) is 0 Å². The van der Waals surface area contributed by atoms with Crippen LogP contribution in [0, 0.1) is 5.82 Å². The molecule has 0 fully saturated rings. The van der Waals surface area contributed by atoms with Gasteiger partial charge >= 0.3 is 22.2 Å². The van der Waals surface area contributed by atoms with Crippen molar-refractivity contribution in [1.82, 2.24) is 9.13 Å². The molecule has 2 aromatic rings. The molecule has 2 rings (SSSR count). The minimum absolute atomic E-state index is 0.0902. The quantitative estimate of drug-likeness (QED) is 0.558. The van der Waals surface area contributed by atoms with Gasteiger partial charge in [0, 0.05) is 19.2 Å². The summed E-state index contributed by atoms with van der Waals surface area (Å²) in [6, 6.07) is 0.406. The highest BCUT2D eigenvalue weighted by molar-refractivity contribution is 7.87. The van der Waals surface area contributed by atoms with Gasteiger partial charge in [0.05, 0.1) is 16.4 Å². The monoisotopic (exact) mass is 459 g/mol. The first-order chi connectivity index (χ1) is 13.1. The van der Waals surface area contributed by atoms with Gasteiger partial charge in [-0.25, -0.2) is 18.1 Å². The number of nitrogens with zero attached hydrogens (tertiary/aromatic N) is 3. The van der Waals surface area contributed by atoms with E-state index in [-0.39, 0.29) is 15.2 Å². The Balaban J connectivity index is 2.90. The molecule has 0 saturated carbocycles. The van der Waals surface area contributed by atoms with Crippen molar-refractivity contribution in [2.24, 2.45) is 7.05 Å². The van der Waals surface area contributed by atoms with E-state index in [1.165, 1.54) is 13.8 Å². The summed E-state index contributed by atoms with van der Waals surface area (Å²) in [4.78, 5) is 24.5.